The number of fused-ring (bicyclic) bond motifs is 2. The van der Waals surface area contributed by atoms with Gasteiger partial charge in [-0.25, -0.2) is 10.2 Å². The van der Waals surface area contributed by atoms with Gasteiger partial charge in [0.25, 0.3) is 5.91 Å². The quantitative estimate of drug-likeness (QED) is 0.433. The van der Waals surface area contributed by atoms with Gasteiger partial charge in [-0.2, -0.15) is 5.10 Å². The number of methoxy groups -OCH3 is 1. The van der Waals surface area contributed by atoms with Crippen molar-refractivity contribution in [1.82, 2.24) is 15.0 Å². The molecule has 0 radical (unpaired) electrons. The van der Waals surface area contributed by atoms with Gasteiger partial charge >= 0.3 is 6.09 Å². The van der Waals surface area contributed by atoms with Crippen molar-refractivity contribution in [3.63, 3.8) is 0 Å². The van der Waals surface area contributed by atoms with Gasteiger partial charge < -0.3 is 9.72 Å². The lowest BCUT2D eigenvalue weighted by molar-refractivity contribution is 0.0956. The molecule has 1 amide bonds. The summed E-state index contributed by atoms with van der Waals surface area (Å²) in [5, 5.41) is 5.70. The molecule has 2 aromatic heterocycles. The maximum Gasteiger partial charge on any atom is 0.418 e. The molecular weight excluding hydrogens is 344 g/mol. The molecule has 7 nitrogen and oxygen atoms in total. The van der Waals surface area contributed by atoms with E-state index in [9.17, 15) is 9.59 Å². The number of nitrogens with zero attached hydrogens (tertiary/aromatic N) is 2. The first-order valence-corrected chi connectivity index (χ1v) is 8.27. The van der Waals surface area contributed by atoms with E-state index in [4.69, 9.17) is 4.74 Å². The third kappa shape index (κ3) is 2.95. The maximum absolute atomic E-state index is 12.4. The molecule has 0 spiro atoms. The highest BCUT2D eigenvalue weighted by Crippen LogP contribution is 2.20. The van der Waals surface area contributed by atoms with Crippen molar-refractivity contribution >= 4 is 40.0 Å². The zero-order valence-corrected chi connectivity index (χ0v) is 14.5. The van der Waals surface area contributed by atoms with Crippen molar-refractivity contribution in [3.8, 4) is 0 Å². The first-order valence-electron chi connectivity index (χ1n) is 8.27. The molecule has 0 aliphatic carbocycles. The molecule has 0 aliphatic heterocycles. The monoisotopic (exact) mass is 360 g/mol. The summed E-state index contributed by atoms with van der Waals surface area (Å²) in [6.45, 7) is 0. The van der Waals surface area contributed by atoms with Crippen LogP contribution in [0.5, 0.6) is 0 Å². The Kier molecular flexibility index (Phi) is 4.18. The first kappa shape index (κ1) is 16.6. The van der Waals surface area contributed by atoms with Crippen molar-refractivity contribution < 1.29 is 14.3 Å². The van der Waals surface area contributed by atoms with Crippen LogP contribution in [0.2, 0.25) is 0 Å². The minimum atomic E-state index is -0.492. The van der Waals surface area contributed by atoms with Crippen LogP contribution in [0.1, 0.15) is 15.9 Å². The van der Waals surface area contributed by atoms with E-state index in [0.29, 0.717) is 16.6 Å². The van der Waals surface area contributed by atoms with Gasteiger partial charge in [0, 0.05) is 34.2 Å². The summed E-state index contributed by atoms with van der Waals surface area (Å²) in [4.78, 5) is 27.4. The van der Waals surface area contributed by atoms with Crippen molar-refractivity contribution in [3.05, 3.63) is 72.1 Å². The molecule has 0 unspecified atom stereocenters. The number of para-hydroxylation sites is 2. The van der Waals surface area contributed by atoms with E-state index in [0.717, 1.165) is 16.3 Å². The number of H-pyrrole nitrogens is 1. The van der Waals surface area contributed by atoms with Crippen LogP contribution in [-0.2, 0) is 4.74 Å². The molecule has 0 atom stereocenters. The third-order valence-electron chi connectivity index (χ3n) is 4.32. The Morgan fingerprint density at radius 2 is 1.85 bits per heavy atom. The summed E-state index contributed by atoms with van der Waals surface area (Å²) < 4.78 is 6.20. The molecule has 27 heavy (non-hydrogen) atoms. The smallest absolute Gasteiger partial charge is 0.418 e. The summed E-state index contributed by atoms with van der Waals surface area (Å²) in [5.74, 6) is -0.319. The molecule has 134 valence electrons. The molecule has 7 heteroatoms. The molecule has 0 aliphatic rings. The minimum absolute atomic E-state index is 0.319. The highest BCUT2D eigenvalue weighted by atomic mass is 16.5. The molecule has 0 bridgehead atoms. The lowest BCUT2D eigenvalue weighted by Gasteiger charge is -2.00. The fourth-order valence-corrected chi connectivity index (χ4v) is 3.04. The molecule has 0 fully saturated rings. The standard InChI is InChI=1S/C20H16N4O3/c1-27-20(26)24-12-13(14-6-3-5-9-18(14)24)10-22-23-19(25)16-11-21-17-8-4-2-7-15(16)17/h2-12,21H,1H3,(H,23,25)/b22-10-. The van der Waals surface area contributed by atoms with Crippen LogP contribution in [-0.4, -0.2) is 34.9 Å². The van der Waals surface area contributed by atoms with Crippen LogP contribution in [0.4, 0.5) is 4.79 Å². The minimum Gasteiger partial charge on any atom is -0.452 e. The zero-order chi connectivity index (χ0) is 18.8. The van der Waals surface area contributed by atoms with Gasteiger partial charge in [0.1, 0.15) is 0 Å². The van der Waals surface area contributed by atoms with Crippen molar-refractivity contribution in [2.75, 3.05) is 7.11 Å². The third-order valence-corrected chi connectivity index (χ3v) is 4.32. The van der Waals surface area contributed by atoms with Crippen LogP contribution >= 0.6 is 0 Å². The van der Waals surface area contributed by atoms with Crippen molar-refractivity contribution in [2.45, 2.75) is 0 Å². The topological polar surface area (TPSA) is 88.5 Å². The Hall–Kier alpha value is -3.87. The average molecular weight is 360 g/mol. The molecule has 2 N–H and O–H groups in total. The SMILES string of the molecule is COC(=O)n1cc(/C=N\NC(=O)c2c[nH]c3ccccc23)c2ccccc21. The van der Waals surface area contributed by atoms with Crippen molar-refractivity contribution in [1.29, 1.82) is 0 Å². The first-order chi connectivity index (χ1) is 13.2. The number of hydrogen-bond donors (Lipinski definition) is 2. The number of hydrogen-bond acceptors (Lipinski definition) is 4. The number of carbonyl (C=O) groups is 2. The van der Waals surface area contributed by atoms with Crippen LogP contribution < -0.4 is 5.43 Å². The number of benzene rings is 2. The molecular formula is C20H16N4O3. The van der Waals surface area contributed by atoms with Gasteiger partial charge in [0.2, 0.25) is 0 Å². The molecule has 2 aromatic carbocycles. The number of hydrazone groups is 1. The summed E-state index contributed by atoms with van der Waals surface area (Å²) >= 11 is 0. The summed E-state index contributed by atoms with van der Waals surface area (Å²) in [5.41, 5.74) is 5.32. The van der Waals surface area contributed by atoms with E-state index in [2.05, 4.69) is 15.5 Å². The normalized spacial score (nSPS) is 11.3. The number of amides is 1. The Balaban J connectivity index is 1.60. The van der Waals surface area contributed by atoms with Crippen LogP contribution in [0, 0.1) is 0 Å². The Bertz CT molecular complexity index is 1190. The highest BCUT2D eigenvalue weighted by molar-refractivity contribution is 6.07. The Labute approximate surface area is 154 Å². The lowest BCUT2D eigenvalue weighted by atomic mass is 10.2. The van der Waals surface area contributed by atoms with Crippen LogP contribution in [0.25, 0.3) is 21.8 Å². The predicted molar refractivity (Wildman–Crippen MR) is 103 cm³/mol. The second kappa shape index (κ2) is 6.80. The van der Waals surface area contributed by atoms with Gasteiger partial charge in [-0.3, -0.25) is 9.36 Å². The van der Waals surface area contributed by atoms with E-state index >= 15 is 0 Å². The van der Waals surface area contributed by atoms with Gasteiger partial charge in [-0.05, 0) is 12.1 Å². The molecule has 2 heterocycles. The summed E-state index contributed by atoms with van der Waals surface area (Å²) in [6.07, 6.45) is 4.29. The number of nitrogens with one attached hydrogen (secondary N) is 2. The number of carbonyl (C=O) groups excluding carboxylic acids is 2. The highest BCUT2D eigenvalue weighted by Gasteiger charge is 2.13. The molecule has 4 rings (SSSR count). The van der Waals surface area contributed by atoms with E-state index in [1.807, 2.05) is 48.5 Å². The van der Waals surface area contributed by atoms with Crippen LogP contribution in [0.3, 0.4) is 0 Å². The number of rotatable bonds is 3. The number of aromatic amines is 1. The van der Waals surface area contributed by atoms with E-state index in [1.165, 1.54) is 17.9 Å². The molecule has 4 aromatic rings. The fraction of sp³-hybridized carbons (Fsp3) is 0.0500. The van der Waals surface area contributed by atoms with Gasteiger partial charge in [0.05, 0.1) is 24.4 Å². The van der Waals surface area contributed by atoms with E-state index < -0.39 is 6.09 Å². The number of ether oxygens (including phenoxy) is 1. The predicted octanol–water partition coefficient (Wildman–Crippen LogP) is 3.50. The van der Waals surface area contributed by atoms with Crippen molar-refractivity contribution in [2.24, 2.45) is 5.10 Å². The Morgan fingerprint density at radius 3 is 2.67 bits per heavy atom. The average Bonchev–Trinajstić information content (AvgIpc) is 3.29. The summed E-state index contributed by atoms with van der Waals surface area (Å²) in [7, 11) is 1.33. The van der Waals surface area contributed by atoms with Gasteiger partial charge in [0.15, 0.2) is 0 Å². The lowest BCUT2D eigenvalue weighted by Crippen LogP contribution is -2.17. The van der Waals surface area contributed by atoms with Crippen LogP contribution in [0.15, 0.2) is 66.0 Å². The largest absolute Gasteiger partial charge is 0.452 e. The number of aromatic nitrogens is 2. The zero-order valence-electron chi connectivity index (χ0n) is 14.5. The fourth-order valence-electron chi connectivity index (χ4n) is 3.04. The second-order valence-corrected chi connectivity index (χ2v) is 5.89. The maximum atomic E-state index is 12.4. The van der Waals surface area contributed by atoms with E-state index in [1.54, 1.807) is 12.4 Å². The van der Waals surface area contributed by atoms with E-state index in [-0.39, 0.29) is 5.91 Å². The Morgan fingerprint density at radius 1 is 1.11 bits per heavy atom. The second-order valence-electron chi connectivity index (χ2n) is 5.89. The van der Waals surface area contributed by atoms with Gasteiger partial charge in [-0.15, -0.1) is 0 Å². The summed E-state index contributed by atoms with van der Waals surface area (Å²) in [6, 6.07) is 14.9. The molecule has 0 saturated carbocycles. The molecule has 0 saturated heterocycles. The van der Waals surface area contributed by atoms with Gasteiger partial charge in [-0.1, -0.05) is 36.4 Å².